The lowest BCUT2D eigenvalue weighted by Gasteiger charge is -2.17. The Morgan fingerprint density at radius 2 is 1.55 bits per heavy atom. The van der Waals surface area contributed by atoms with Crippen LogP contribution in [-0.4, -0.2) is 47.4 Å². The minimum absolute atomic E-state index is 0.587. The van der Waals surface area contributed by atoms with Crippen LogP contribution in [0.15, 0.2) is 65.8 Å². The third-order valence-corrected chi connectivity index (χ3v) is 5.75. The minimum Gasteiger partial charge on any atom is -0.497 e. The van der Waals surface area contributed by atoms with Gasteiger partial charge in [-0.05, 0) is 55.1 Å². The highest BCUT2D eigenvalue weighted by Crippen LogP contribution is 2.24. The van der Waals surface area contributed by atoms with Gasteiger partial charge in [-0.2, -0.15) is 0 Å². The summed E-state index contributed by atoms with van der Waals surface area (Å²) in [6.07, 6.45) is 3.66. The van der Waals surface area contributed by atoms with Crippen LogP contribution in [0.4, 0.5) is 11.6 Å². The van der Waals surface area contributed by atoms with Crippen molar-refractivity contribution >= 4 is 23.4 Å². The molecular formula is C23H28N4OS. The average Bonchev–Trinajstić information content (AvgIpc) is 2.78. The van der Waals surface area contributed by atoms with Crippen LogP contribution in [0.5, 0.6) is 5.75 Å². The van der Waals surface area contributed by atoms with E-state index in [0.29, 0.717) is 5.95 Å². The summed E-state index contributed by atoms with van der Waals surface area (Å²) in [5, 5.41) is 3.26. The Morgan fingerprint density at radius 3 is 2.14 bits per heavy atom. The summed E-state index contributed by atoms with van der Waals surface area (Å²) in [7, 11) is 1.66. The molecule has 0 aliphatic heterocycles. The molecule has 0 aliphatic rings. The summed E-state index contributed by atoms with van der Waals surface area (Å²) in [6.45, 7) is 7.75. The minimum atomic E-state index is 0.587. The lowest BCUT2D eigenvalue weighted by Crippen LogP contribution is -2.25. The molecule has 0 saturated carbocycles. The van der Waals surface area contributed by atoms with E-state index in [1.807, 2.05) is 48.4 Å². The molecule has 0 amide bonds. The summed E-state index contributed by atoms with van der Waals surface area (Å²) < 4.78 is 5.20. The maximum atomic E-state index is 5.20. The molecule has 3 rings (SSSR count). The molecule has 2 aromatic carbocycles. The van der Waals surface area contributed by atoms with E-state index in [9.17, 15) is 0 Å². The van der Waals surface area contributed by atoms with E-state index in [0.717, 1.165) is 48.0 Å². The number of hydrogen-bond donors (Lipinski definition) is 1. The first kappa shape index (κ1) is 21.1. The largest absolute Gasteiger partial charge is 0.497 e. The summed E-state index contributed by atoms with van der Waals surface area (Å²) in [4.78, 5) is 12.6. The van der Waals surface area contributed by atoms with Crippen LogP contribution in [-0.2, 0) is 0 Å². The first-order valence-corrected chi connectivity index (χ1v) is 10.9. The Kier molecular flexibility index (Phi) is 7.90. The fraction of sp³-hybridized carbons (Fsp3) is 0.304. The van der Waals surface area contributed by atoms with E-state index in [-0.39, 0.29) is 0 Å². The molecule has 0 radical (unpaired) electrons. The van der Waals surface area contributed by atoms with Crippen LogP contribution in [0.1, 0.15) is 13.8 Å². The maximum Gasteiger partial charge on any atom is 0.227 e. The second kappa shape index (κ2) is 10.8. The molecule has 0 fully saturated rings. The van der Waals surface area contributed by atoms with Crippen molar-refractivity contribution in [1.82, 2.24) is 14.9 Å². The SMILES string of the molecule is CCN(CC)CCSc1ccc(Nc2ncc(-c3ccc(OC)cc3)cn2)cc1. The van der Waals surface area contributed by atoms with Crippen molar-refractivity contribution in [1.29, 1.82) is 0 Å². The Hall–Kier alpha value is -2.57. The van der Waals surface area contributed by atoms with Crippen molar-refractivity contribution in [2.45, 2.75) is 18.7 Å². The van der Waals surface area contributed by atoms with Crippen LogP contribution in [0.2, 0.25) is 0 Å². The molecule has 0 spiro atoms. The van der Waals surface area contributed by atoms with Crippen molar-refractivity contribution in [3.05, 3.63) is 60.9 Å². The van der Waals surface area contributed by atoms with Gasteiger partial charge in [-0.1, -0.05) is 26.0 Å². The first-order valence-electron chi connectivity index (χ1n) is 9.90. The molecule has 3 aromatic rings. The molecule has 1 N–H and O–H groups in total. The maximum absolute atomic E-state index is 5.20. The number of nitrogens with zero attached hydrogens (tertiary/aromatic N) is 3. The normalized spacial score (nSPS) is 10.9. The number of ether oxygens (including phenoxy) is 1. The van der Waals surface area contributed by atoms with Crippen molar-refractivity contribution in [2.24, 2.45) is 0 Å². The first-order chi connectivity index (χ1) is 14.2. The molecule has 29 heavy (non-hydrogen) atoms. The monoisotopic (exact) mass is 408 g/mol. The van der Waals surface area contributed by atoms with Crippen LogP contribution in [0, 0.1) is 0 Å². The van der Waals surface area contributed by atoms with Gasteiger partial charge in [0.2, 0.25) is 5.95 Å². The zero-order valence-electron chi connectivity index (χ0n) is 17.3. The van der Waals surface area contributed by atoms with Crippen LogP contribution in [0.3, 0.4) is 0 Å². The molecule has 1 heterocycles. The van der Waals surface area contributed by atoms with Gasteiger partial charge >= 0.3 is 0 Å². The second-order valence-electron chi connectivity index (χ2n) is 6.55. The highest BCUT2D eigenvalue weighted by molar-refractivity contribution is 7.99. The van der Waals surface area contributed by atoms with Gasteiger partial charge in [-0.25, -0.2) is 9.97 Å². The van der Waals surface area contributed by atoms with Gasteiger partial charge in [-0.15, -0.1) is 11.8 Å². The second-order valence-corrected chi connectivity index (χ2v) is 7.72. The Balaban J connectivity index is 1.54. The van der Waals surface area contributed by atoms with Crippen molar-refractivity contribution < 1.29 is 4.74 Å². The molecule has 152 valence electrons. The topological polar surface area (TPSA) is 50.3 Å². The van der Waals surface area contributed by atoms with E-state index in [1.165, 1.54) is 4.90 Å². The number of hydrogen-bond acceptors (Lipinski definition) is 6. The van der Waals surface area contributed by atoms with Gasteiger partial charge in [0.25, 0.3) is 0 Å². The standard InChI is InChI=1S/C23H28N4OS/c1-4-27(5-2)14-15-29-22-12-8-20(9-13-22)26-23-24-16-19(17-25-23)18-6-10-21(28-3)11-7-18/h6-13,16-17H,4-5,14-15H2,1-3H3,(H,24,25,26). The van der Waals surface area contributed by atoms with E-state index >= 15 is 0 Å². The lowest BCUT2D eigenvalue weighted by atomic mass is 10.1. The summed E-state index contributed by atoms with van der Waals surface area (Å²) in [6, 6.07) is 16.3. The number of aromatic nitrogens is 2. The fourth-order valence-corrected chi connectivity index (χ4v) is 3.83. The van der Waals surface area contributed by atoms with Gasteiger partial charge in [-0.3, -0.25) is 0 Å². The number of benzene rings is 2. The molecule has 0 atom stereocenters. The fourth-order valence-electron chi connectivity index (χ4n) is 2.92. The highest BCUT2D eigenvalue weighted by Gasteiger charge is 2.03. The molecule has 1 aromatic heterocycles. The van der Waals surface area contributed by atoms with Gasteiger partial charge in [0.05, 0.1) is 7.11 Å². The number of rotatable bonds is 10. The van der Waals surface area contributed by atoms with Crippen molar-refractivity contribution in [3.8, 4) is 16.9 Å². The Bertz CT molecular complexity index is 863. The number of anilines is 2. The van der Waals surface area contributed by atoms with E-state index in [1.54, 1.807) is 7.11 Å². The zero-order valence-corrected chi connectivity index (χ0v) is 18.1. The third kappa shape index (κ3) is 6.21. The van der Waals surface area contributed by atoms with Crippen LogP contribution < -0.4 is 10.1 Å². The van der Waals surface area contributed by atoms with Crippen molar-refractivity contribution in [2.75, 3.05) is 37.8 Å². The van der Waals surface area contributed by atoms with Crippen LogP contribution >= 0.6 is 11.8 Å². The predicted octanol–water partition coefficient (Wildman–Crippen LogP) is 5.33. The highest BCUT2D eigenvalue weighted by atomic mass is 32.2. The zero-order chi connectivity index (χ0) is 20.5. The lowest BCUT2D eigenvalue weighted by molar-refractivity contribution is 0.324. The number of nitrogens with one attached hydrogen (secondary N) is 1. The predicted molar refractivity (Wildman–Crippen MR) is 122 cm³/mol. The molecular weight excluding hydrogens is 380 g/mol. The molecule has 6 heteroatoms. The third-order valence-electron chi connectivity index (χ3n) is 4.76. The van der Waals surface area contributed by atoms with Gasteiger partial charge < -0.3 is 15.0 Å². The Labute approximate surface area is 177 Å². The molecule has 0 unspecified atom stereocenters. The molecule has 0 saturated heterocycles. The van der Waals surface area contributed by atoms with E-state index < -0.39 is 0 Å². The van der Waals surface area contributed by atoms with Crippen LogP contribution in [0.25, 0.3) is 11.1 Å². The molecule has 5 nitrogen and oxygen atoms in total. The average molecular weight is 409 g/mol. The van der Waals surface area contributed by atoms with E-state index in [4.69, 9.17) is 4.74 Å². The van der Waals surface area contributed by atoms with E-state index in [2.05, 4.69) is 58.3 Å². The molecule has 0 bridgehead atoms. The quantitative estimate of drug-likeness (QED) is 0.458. The number of methoxy groups -OCH3 is 1. The van der Waals surface area contributed by atoms with Crippen molar-refractivity contribution in [3.63, 3.8) is 0 Å². The number of thioether (sulfide) groups is 1. The summed E-state index contributed by atoms with van der Waals surface area (Å²) in [5.41, 5.74) is 3.01. The van der Waals surface area contributed by atoms with Gasteiger partial charge in [0, 0.05) is 40.8 Å². The Morgan fingerprint density at radius 1 is 0.897 bits per heavy atom. The summed E-state index contributed by atoms with van der Waals surface area (Å²) in [5.74, 6) is 2.52. The van der Waals surface area contributed by atoms with Gasteiger partial charge in [0.15, 0.2) is 0 Å². The molecule has 0 aliphatic carbocycles. The van der Waals surface area contributed by atoms with Gasteiger partial charge in [0.1, 0.15) is 5.75 Å². The smallest absolute Gasteiger partial charge is 0.227 e. The summed E-state index contributed by atoms with van der Waals surface area (Å²) >= 11 is 1.89.